The second-order valence-corrected chi connectivity index (χ2v) is 5.72. The van der Waals surface area contributed by atoms with Crippen LogP contribution in [0.2, 0.25) is 5.02 Å². The van der Waals surface area contributed by atoms with Crippen LogP contribution in [0.4, 0.5) is 0 Å². The lowest BCUT2D eigenvalue weighted by atomic mass is 10.2. The molecule has 2 aromatic rings. The van der Waals surface area contributed by atoms with Gasteiger partial charge in [-0.05, 0) is 30.2 Å². The first-order valence-electron chi connectivity index (χ1n) is 7.87. The molecular weight excluding hydrogens is 326 g/mol. The average Bonchev–Trinajstić information content (AvgIpc) is 2.61. The maximum atomic E-state index is 12.3. The summed E-state index contributed by atoms with van der Waals surface area (Å²) in [7, 11) is 0. The van der Waals surface area contributed by atoms with E-state index >= 15 is 0 Å². The highest BCUT2D eigenvalue weighted by atomic mass is 35.5. The number of hydrogen-bond acceptors (Lipinski definition) is 3. The van der Waals surface area contributed by atoms with Gasteiger partial charge in [-0.2, -0.15) is 0 Å². The highest BCUT2D eigenvalue weighted by molar-refractivity contribution is 6.31. The minimum Gasteiger partial charge on any atom is -0.351 e. The first-order valence-corrected chi connectivity index (χ1v) is 8.25. The number of halogens is 1. The Morgan fingerprint density at radius 1 is 1.12 bits per heavy atom. The van der Waals surface area contributed by atoms with Gasteiger partial charge < -0.3 is 10.6 Å². The molecule has 0 fully saturated rings. The third-order valence-electron chi connectivity index (χ3n) is 3.47. The van der Waals surface area contributed by atoms with Crippen molar-refractivity contribution < 1.29 is 9.59 Å². The van der Waals surface area contributed by atoms with E-state index in [1.165, 1.54) is 12.3 Å². The van der Waals surface area contributed by atoms with Gasteiger partial charge in [0.25, 0.3) is 11.8 Å². The topological polar surface area (TPSA) is 71.1 Å². The number of unbranched alkanes of at least 4 members (excludes halogenated alkanes) is 1. The highest BCUT2D eigenvalue weighted by Gasteiger charge is 2.11. The van der Waals surface area contributed by atoms with Crippen LogP contribution in [0, 0.1) is 0 Å². The number of carbonyl (C=O) groups excluding carboxylic acids is 2. The van der Waals surface area contributed by atoms with Crippen molar-refractivity contribution >= 4 is 23.4 Å². The van der Waals surface area contributed by atoms with Crippen molar-refractivity contribution in [3.05, 3.63) is 64.4 Å². The minimum absolute atomic E-state index is 0.233. The van der Waals surface area contributed by atoms with E-state index in [2.05, 4.69) is 15.6 Å². The Kier molecular flexibility index (Phi) is 6.75. The first kappa shape index (κ1) is 17.9. The van der Waals surface area contributed by atoms with Gasteiger partial charge in [0.05, 0.1) is 0 Å². The van der Waals surface area contributed by atoms with Crippen LogP contribution in [0.5, 0.6) is 0 Å². The van der Waals surface area contributed by atoms with E-state index in [9.17, 15) is 9.59 Å². The van der Waals surface area contributed by atoms with Crippen LogP contribution >= 0.6 is 11.6 Å². The Bertz CT molecular complexity index is 719. The van der Waals surface area contributed by atoms with Gasteiger partial charge in [0.15, 0.2) is 0 Å². The van der Waals surface area contributed by atoms with Gasteiger partial charge in [0, 0.05) is 29.9 Å². The number of rotatable bonds is 7. The summed E-state index contributed by atoms with van der Waals surface area (Å²) in [4.78, 5) is 28.3. The summed E-state index contributed by atoms with van der Waals surface area (Å²) in [6, 6.07) is 10.4. The normalized spacial score (nSPS) is 10.2. The lowest BCUT2D eigenvalue weighted by molar-refractivity contribution is 0.0948. The first-order chi connectivity index (χ1) is 11.6. The van der Waals surface area contributed by atoms with Gasteiger partial charge in [0.2, 0.25) is 0 Å². The highest BCUT2D eigenvalue weighted by Crippen LogP contribution is 2.14. The lowest BCUT2D eigenvalue weighted by Gasteiger charge is -2.08. The summed E-state index contributed by atoms with van der Waals surface area (Å²) >= 11 is 6.07. The molecule has 0 atom stereocenters. The molecule has 2 amide bonds. The fourth-order valence-electron chi connectivity index (χ4n) is 2.08. The van der Waals surface area contributed by atoms with E-state index < -0.39 is 0 Å². The fraction of sp³-hybridized carbons (Fsp3) is 0.278. The molecule has 2 N–H and O–H groups in total. The number of nitrogens with zero attached hydrogens (tertiary/aromatic N) is 1. The zero-order valence-electron chi connectivity index (χ0n) is 13.5. The van der Waals surface area contributed by atoms with Crippen LogP contribution in [0.15, 0.2) is 42.6 Å². The van der Waals surface area contributed by atoms with Crippen LogP contribution in [0.3, 0.4) is 0 Å². The van der Waals surface area contributed by atoms with Crippen LogP contribution in [-0.4, -0.2) is 23.3 Å². The van der Waals surface area contributed by atoms with Crippen molar-refractivity contribution in [3.8, 4) is 0 Å². The van der Waals surface area contributed by atoms with Crippen molar-refractivity contribution in [1.82, 2.24) is 15.6 Å². The maximum absolute atomic E-state index is 12.3. The summed E-state index contributed by atoms with van der Waals surface area (Å²) in [5.74, 6) is -0.552. The molecule has 0 radical (unpaired) electrons. The quantitative estimate of drug-likeness (QED) is 0.757. The van der Waals surface area contributed by atoms with Gasteiger partial charge in [-0.1, -0.05) is 43.1 Å². The Hall–Kier alpha value is -2.40. The molecule has 0 aliphatic carbocycles. The third-order valence-corrected chi connectivity index (χ3v) is 3.84. The zero-order valence-corrected chi connectivity index (χ0v) is 14.3. The number of aromatic nitrogens is 1. The SMILES string of the molecule is CCCCNC(=O)c1cc(C(=O)NCc2ccccc2Cl)ccn1. The molecule has 2 rings (SSSR count). The number of benzene rings is 1. The summed E-state index contributed by atoms with van der Waals surface area (Å²) in [6.07, 6.45) is 3.36. The molecule has 24 heavy (non-hydrogen) atoms. The fourth-order valence-corrected chi connectivity index (χ4v) is 2.29. The Morgan fingerprint density at radius 2 is 1.92 bits per heavy atom. The molecule has 1 heterocycles. The molecule has 0 aliphatic rings. The average molecular weight is 346 g/mol. The van der Waals surface area contributed by atoms with Crippen LogP contribution < -0.4 is 10.6 Å². The number of amides is 2. The van der Waals surface area contributed by atoms with Crippen LogP contribution in [0.25, 0.3) is 0 Å². The van der Waals surface area contributed by atoms with Gasteiger partial charge >= 0.3 is 0 Å². The summed E-state index contributed by atoms with van der Waals surface area (Å²) < 4.78 is 0. The van der Waals surface area contributed by atoms with E-state index in [0.29, 0.717) is 23.7 Å². The number of pyridine rings is 1. The molecule has 0 unspecified atom stereocenters. The van der Waals surface area contributed by atoms with Gasteiger partial charge in [-0.25, -0.2) is 0 Å². The molecule has 1 aromatic carbocycles. The number of hydrogen-bond donors (Lipinski definition) is 2. The van der Waals surface area contributed by atoms with E-state index in [0.717, 1.165) is 18.4 Å². The van der Waals surface area contributed by atoms with Crippen molar-refractivity contribution in [2.45, 2.75) is 26.3 Å². The number of carbonyl (C=O) groups is 2. The summed E-state index contributed by atoms with van der Waals surface area (Å²) in [5.41, 5.74) is 1.45. The third kappa shape index (κ3) is 5.06. The van der Waals surface area contributed by atoms with Crippen molar-refractivity contribution in [1.29, 1.82) is 0 Å². The molecule has 1 aromatic heterocycles. The second-order valence-electron chi connectivity index (χ2n) is 5.31. The molecule has 0 aliphatic heterocycles. The van der Waals surface area contributed by atoms with E-state index in [4.69, 9.17) is 11.6 Å². The Balaban J connectivity index is 1.98. The Morgan fingerprint density at radius 3 is 2.67 bits per heavy atom. The van der Waals surface area contributed by atoms with Crippen molar-refractivity contribution in [2.24, 2.45) is 0 Å². The molecule has 0 saturated carbocycles. The van der Waals surface area contributed by atoms with Gasteiger partial charge in [-0.15, -0.1) is 0 Å². The molecule has 0 spiro atoms. The maximum Gasteiger partial charge on any atom is 0.269 e. The largest absolute Gasteiger partial charge is 0.351 e. The summed E-state index contributed by atoms with van der Waals surface area (Å²) in [5, 5.41) is 6.17. The van der Waals surface area contributed by atoms with Crippen LogP contribution in [0.1, 0.15) is 46.2 Å². The standard InChI is InChI=1S/C18H20ClN3O2/c1-2-3-9-21-18(24)16-11-13(8-10-20-16)17(23)22-12-14-6-4-5-7-15(14)19/h4-8,10-11H,2-3,9,12H2,1H3,(H,21,24)(H,22,23). The molecule has 126 valence electrons. The minimum atomic E-state index is -0.278. The van der Waals surface area contributed by atoms with Crippen LogP contribution in [-0.2, 0) is 6.54 Å². The molecule has 0 bridgehead atoms. The lowest BCUT2D eigenvalue weighted by Crippen LogP contribution is -2.27. The molecule has 6 heteroatoms. The molecule has 0 saturated heterocycles. The van der Waals surface area contributed by atoms with E-state index in [1.807, 2.05) is 25.1 Å². The van der Waals surface area contributed by atoms with Gasteiger partial charge in [0.1, 0.15) is 5.69 Å². The monoisotopic (exact) mass is 345 g/mol. The van der Waals surface area contributed by atoms with E-state index in [1.54, 1.807) is 12.1 Å². The predicted molar refractivity (Wildman–Crippen MR) is 94.1 cm³/mol. The second kappa shape index (κ2) is 9.03. The van der Waals surface area contributed by atoms with Gasteiger partial charge in [-0.3, -0.25) is 14.6 Å². The molecule has 5 nitrogen and oxygen atoms in total. The van der Waals surface area contributed by atoms with Crippen molar-refractivity contribution in [3.63, 3.8) is 0 Å². The predicted octanol–water partition coefficient (Wildman–Crippen LogP) is 3.19. The molecular formula is C18H20ClN3O2. The summed E-state index contributed by atoms with van der Waals surface area (Å²) in [6.45, 7) is 2.97. The van der Waals surface area contributed by atoms with E-state index in [-0.39, 0.29) is 17.5 Å². The van der Waals surface area contributed by atoms with Crippen molar-refractivity contribution in [2.75, 3.05) is 6.54 Å². The Labute approximate surface area is 146 Å². The number of nitrogens with one attached hydrogen (secondary N) is 2. The smallest absolute Gasteiger partial charge is 0.269 e. The zero-order chi connectivity index (χ0) is 17.4.